The van der Waals surface area contributed by atoms with Crippen LogP contribution in [0.2, 0.25) is 0 Å². The highest BCUT2D eigenvalue weighted by atomic mass is 32.1. The van der Waals surface area contributed by atoms with Crippen molar-refractivity contribution in [2.75, 3.05) is 0 Å². The van der Waals surface area contributed by atoms with Crippen LogP contribution in [0, 0.1) is 6.92 Å². The van der Waals surface area contributed by atoms with E-state index < -0.39 is 0 Å². The minimum atomic E-state index is 1.19. The molecule has 0 unspecified atom stereocenters. The number of rotatable bonds is 5. The molecule has 1 heterocycles. The molecular weight excluding hydrogens is 164 g/mol. The average Bonchev–Trinajstić information content (AvgIpc) is 2.45. The number of hydrogen-bond acceptors (Lipinski definition) is 1. The van der Waals surface area contributed by atoms with Gasteiger partial charge in [0.2, 0.25) is 0 Å². The molecule has 1 rings (SSSR count). The average molecular weight is 181 g/mol. The van der Waals surface area contributed by atoms with Gasteiger partial charge in [-0.1, -0.05) is 26.2 Å². The zero-order chi connectivity index (χ0) is 8.81. The predicted octanol–water partition coefficient (Wildman–Crippen LogP) is 4.05. The number of hydrogen-bond donors (Lipinski definition) is 0. The third-order valence-corrected chi connectivity index (χ3v) is 2.87. The number of aryl methyl sites for hydroxylation is 1. The van der Waals surface area contributed by atoms with Crippen LogP contribution in [-0.2, 0) is 6.42 Å². The zero-order valence-electron chi connectivity index (χ0n) is 7.81. The minimum absolute atomic E-state index is 1.19. The third kappa shape index (κ3) is 3.40. The van der Waals surface area contributed by atoms with Crippen molar-refractivity contribution in [2.24, 2.45) is 0 Å². The molecule has 0 aliphatic heterocycles. The van der Waals surface area contributed by atoms with Gasteiger partial charge in [0.15, 0.2) is 0 Å². The van der Waals surface area contributed by atoms with E-state index in [0.717, 1.165) is 0 Å². The van der Waals surface area contributed by atoms with Gasteiger partial charge < -0.3 is 0 Å². The second-order valence-electron chi connectivity index (χ2n) is 3.23. The molecule has 0 aromatic carbocycles. The van der Waals surface area contributed by atoms with Gasteiger partial charge in [0, 0.05) is 4.88 Å². The molecule has 12 heavy (non-hydrogen) atoms. The highest BCUT2D eigenvalue weighted by Gasteiger charge is 1.95. The molecule has 0 aliphatic carbocycles. The quantitative estimate of drug-likeness (QED) is 0.601. The van der Waals surface area contributed by atoms with Crippen LogP contribution in [0.1, 0.15) is 43.0 Å². The van der Waals surface area contributed by atoms with Crippen molar-refractivity contribution in [1.82, 2.24) is 0 Å². The number of unbranched alkanes of at least 4 members (excludes halogenated alkanes) is 3. The van der Waals surface area contributed by atoms with Gasteiger partial charge in [-0.25, -0.2) is 0 Å². The maximum atomic E-state index is 3.90. The first-order valence-electron chi connectivity index (χ1n) is 4.72. The lowest BCUT2D eigenvalue weighted by atomic mass is 10.1. The first-order valence-corrected chi connectivity index (χ1v) is 5.60. The summed E-state index contributed by atoms with van der Waals surface area (Å²) in [5.41, 5.74) is 1.47. The second kappa shape index (κ2) is 5.36. The third-order valence-electron chi connectivity index (χ3n) is 2.03. The lowest BCUT2D eigenvalue weighted by molar-refractivity contribution is 0.667. The fourth-order valence-electron chi connectivity index (χ4n) is 1.31. The topological polar surface area (TPSA) is 0 Å². The van der Waals surface area contributed by atoms with Crippen molar-refractivity contribution in [3.05, 3.63) is 28.8 Å². The molecular formula is C11H17S. The molecule has 0 aliphatic rings. The molecule has 1 aromatic heterocycles. The van der Waals surface area contributed by atoms with Crippen LogP contribution in [0.3, 0.4) is 0 Å². The molecule has 0 atom stereocenters. The maximum Gasteiger partial charge on any atom is 0.00516 e. The van der Waals surface area contributed by atoms with Crippen LogP contribution in [-0.4, -0.2) is 0 Å². The molecule has 1 aromatic rings. The van der Waals surface area contributed by atoms with Gasteiger partial charge in [-0.2, -0.15) is 0 Å². The fourth-order valence-corrected chi connectivity index (χ4v) is 2.02. The summed E-state index contributed by atoms with van der Waals surface area (Å²) < 4.78 is 0. The molecule has 67 valence electrons. The second-order valence-corrected chi connectivity index (χ2v) is 4.23. The summed E-state index contributed by atoms with van der Waals surface area (Å²) in [5.74, 6) is 0. The summed E-state index contributed by atoms with van der Waals surface area (Å²) in [6.07, 6.45) is 6.65. The zero-order valence-corrected chi connectivity index (χ0v) is 8.62. The van der Waals surface area contributed by atoms with Gasteiger partial charge in [-0.3, -0.25) is 0 Å². The predicted molar refractivity (Wildman–Crippen MR) is 56.6 cm³/mol. The van der Waals surface area contributed by atoms with E-state index in [1.54, 1.807) is 11.3 Å². The van der Waals surface area contributed by atoms with Crippen LogP contribution in [0.5, 0.6) is 0 Å². The summed E-state index contributed by atoms with van der Waals surface area (Å²) in [6.45, 7) is 6.15. The Labute approximate surface area is 79.6 Å². The van der Waals surface area contributed by atoms with Crippen LogP contribution in [0.25, 0.3) is 0 Å². The summed E-state index contributed by atoms with van der Waals surface area (Å²) >= 11 is 1.76. The van der Waals surface area contributed by atoms with Crippen molar-refractivity contribution >= 4 is 11.3 Å². The Morgan fingerprint density at radius 3 is 2.75 bits per heavy atom. The normalized spacial score (nSPS) is 10.5. The highest BCUT2D eigenvalue weighted by Crippen LogP contribution is 2.15. The van der Waals surface area contributed by atoms with E-state index in [2.05, 4.69) is 25.3 Å². The van der Waals surface area contributed by atoms with Crippen molar-refractivity contribution in [2.45, 2.75) is 39.0 Å². The molecule has 0 amide bonds. The first-order chi connectivity index (χ1) is 5.83. The van der Waals surface area contributed by atoms with E-state index in [1.165, 1.54) is 42.5 Å². The van der Waals surface area contributed by atoms with Crippen molar-refractivity contribution in [1.29, 1.82) is 0 Å². The van der Waals surface area contributed by atoms with E-state index in [4.69, 9.17) is 0 Å². The van der Waals surface area contributed by atoms with E-state index in [-0.39, 0.29) is 0 Å². The van der Waals surface area contributed by atoms with Crippen molar-refractivity contribution < 1.29 is 0 Å². The molecule has 0 saturated carbocycles. The van der Waals surface area contributed by atoms with Crippen LogP contribution < -0.4 is 0 Å². The van der Waals surface area contributed by atoms with Crippen molar-refractivity contribution in [3.63, 3.8) is 0 Å². The molecule has 0 fully saturated rings. The van der Waals surface area contributed by atoms with Gasteiger partial charge in [-0.15, -0.1) is 11.3 Å². The van der Waals surface area contributed by atoms with Gasteiger partial charge in [-0.05, 0) is 36.8 Å². The van der Waals surface area contributed by atoms with E-state index in [0.29, 0.717) is 0 Å². The minimum Gasteiger partial charge on any atom is -0.149 e. The molecule has 0 N–H and O–H groups in total. The molecule has 0 spiro atoms. The Hall–Kier alpha value is -0.300. The lowest BCUT2D eigenvalue weighted by Crippen LogP contribution is -1.81. The van der Waals surface area contributed by atoms with Crippen LogP contribution >= 0.6 is 11.3 Å². The summed E-state index contributed by atoms with van der Waals surface area (Å²) in [6, 6.07) is 2.20. The van der Waals surface area contributed by atoms with Gasteiger partial charge in [0.25, 0.3) is 0 Å². The molecule has 1 radical (unpaired) electrons. The smallest absolute Gasteiger partial charge is 0.00516 e. The fraction of sp³-hybridized carbons (Fsp3) is 0.545. The monoisotopic (exact) mass is 181 g/mol. The Morgan fingerprint density at radius 1 is 1.33 bits per heavy atom. The molecule has 0 nitrogen and oxygen atoms in total. The highest BCUT2D eigenvalue weighted by molar-refractivity contribution is 7.10. The largest absolute Gasteiger partial charge is 0.149 e. The summed E-state index contributed by atoms with van der Waals surface area (Å²) in [5, 5.41) is 2.23. The van der Waals surface area contributed by atoms with Gasteiger partial charge >= 0.3 is 0 Å². The molecule has 1 heteroatoms. The number of thiophene rings is 1. The molecule has 0 bridgehead atoms. The maximum absolute atomic E-state index is 3.90. The standard InChI is InChI=1S/C11H17S/c1-3-4-5-6-7-11-8-10(2)12-9-11/h8-9H,2-7H2,1H3. The lowest BCUT2D eigenvalue weighted by Gasteiger charge is -1.96. The van der Waals surface area contributed by atoms with Crippen LogP contribution in [0.4, 0.5) is 0 Å². The Kier molecular flexibility index (Phi) is 4.37. The van der Waals surface area contributed by atoms with E-state index >= 15 is 0 Å². The van der Waals surface area contributed by atoms with E-state index in [1.807, 2.05) is 0 Å². The van der Waals surface area contributed by atoms with Gasteiger partial charge in [0.1, 0.15) is 0 Å². The summed E-state index contributed by atoms with van der Waals surface area (Å²) in [4.78, 5) is 1.19. The Morgan fingerprint density at radius 2 is 2.17 bits per heavy atom. The van der Waals surface area contributed by atoms with E-state index in [9.17, 15) is 0 Å². The first kappa shape index (κ1) is 9.79. The van der Waals surface area contributed by atoms with Crippen LogP contribution in [0.15, 0.2) is 11.4 Å². The Balaban J connectivity index is 2.15. The van der Waals surface area contributed by atoms with Gasteiger partial charge in [0.05, 0.1) is 0 Å². The SMILES string of the molecule is [CH2]c1cc(CCCCCC)cs1. The molecule has 0 saturated heterocycles. The van der Waals surface area contributed by atoms with Crippen molar-refractivity contribution in [3.8, 4) is 0 Å². The Bertz CT molecular complexity index is 213. The summed E-state index contributed by atoms with van der Waals surface area (Å²) in [7, 11) is 0.